The number of halogens is 2. The van der Waals surface area contributed by atoms with E-state index in [4.69, 9.17) is 23.2 Å². The molecule has 0 saturated carbocycles. The van der Waals surface area contributed by atoms with Crippen LogP contribution in [-0.4, -0.2) is 5.11 Å². The molecule has 104 valence electrons. The summed E-state index contributed by atoms with van der Waals surface area (Å²) in [7, 11) is 0. The molecule has 0 saturated heterocycles. The van der Waals surface area contributed by atoms with Crippen molar-refractivity contribution in [3.05, 3.63) is 68.7 Å². The van der Waals surface area contributed by atoms with E-state index in [0.29, 0.717) is 16.5 Å². The molecule has 1 nitrogen and oxygen atoms in total. The molecule has 0 aromatic heterocycles. The van der Waals surface area contributed by atoms with Gasteiger partial charge in [0.25, 0.3) is 0 Å². The zero-order valence-electron chi connectivity index (χ0n) is 11.1. The molecule has 1 aliphatic rings. The van der Waals surface area contributed by atoms with Gasteiger partial charge in [-0.2, -0.15) is 0 Å². The van der Waals surface area contributed by atoms with E-state index >= 15 is 0 Å². The third-order valence-corrected chi connectivity index (χ3v) is 4.52. The Morgan fingerprint density at radius 1 is 1.00 bits per heavy atom. The van der Waals surface area contributed by atoms with Crippen molar-refractivity contribution in [2.24, 2.45) is 0 Å². The van der Waals surface area contributed by atoms with E-state index in [1.54, 1.807) is 12.1 Å². The Hall–Kier alpha value is -1.02. The van der Waals surface area contributed by atoms with Crippen molar-refractivity contribution < 1.29 is 5.11 Å². The van der Waals surface area contributed by atoms with Gasteiger partial charge in [-0.1, -0.05) is 47.5 Å². The third-order valence-electron chi connectivity index (χ3n) is 3.94. The molecule has 0 radical (unpaired) electrons. The molecule has 20 heavy (non-hydrogen) atoms. The number of benzene rings is 2. The second kappa shape index (κ2) is 5.77. The summed E-state index contributed by atoms with van der Waals surface area (Å²) in [6.07, 6.45) is 3.48. The highest BCUT2D eigenvalue weighted by molar-refractivity contribution is 6.35. The molecule has 0 fully saturated rings. The first kappa shape index (κ1) is 13.9. The maximum Gasteiger partial charge on any atom is 0.0831 e. The van der Waals surface area contributed by atoms with Gasteiger partial charge in [0, 0.05) is 16.5 Å². The van der Waals surface area contributed by atoms with E-state index in [-0.39, 0.29) is 0 Å². The summed E-state index contributed by atoms with van der Waals surface area (Å²) in [5.41, 5.74) is 4.69. The molecule has 0 aliphatic heterocycles. The standard InChI is InChI=1S/C17H16Cl2O/c18-15-7-6-13(16(19)10-15)9-17(20)14-5-4-11-2-1-3-12(11)8-14/h4-8,10,17,20H,1-3,9H2. The fourth-order valence-electron chi connectivity index (χ4n) is 2.81. The van der Waals surface area contributed by atoms with Gasteiger partial charge >= 0.3 is 0 Å². The summed E-state index contributed by atoms with van der Waals surface area (Å²) in [4.78, 5) is 0. The van der Waals surface area contributed by atoms with Crippen LogP contribution in [0.2, 0.25) is 10.0 Å². The Labute approximate surface area is 129 Å². The van der Waals surface area contributed by atoms with Crippen LogP contribution >= 0.6 is 23.2 Å². The predicted octanol–water partition coefficient (Wildman–Crippen LogP) is 4.76. The van der Waals surface area contributed by atoms with Crippen molar-refractivity contribution in [1.29, 1.82) is 0 Å². The van der Waals surface area contributed by atoms with Crippen LogP contribution in [0.15, 0.2) is 36.4 Å². The van der Waals surface area contributed by atoms with Gasteiger partial charge in [0.1, 0.15) is 0 Å². The summed E-state index contributed by atoms with van der Waals surface area (Å²) in [6, 6.07) is 11.7. The van der Waals surface area contributed by atoms with Crippen molar-refractivity contribution in [2.45, 2.75) is 31.8 Å². The summed E-state index contributed by atoms with van der Waals surface area (Å²) in [6.45, 7) is 0. The molecule has 1 N–H and O–H groups in total. The lowest BCUT2D eigenvalue weighted by Crippen LogP contribution is -2.03. The lowest BCUT2D eigenvalue weighted by atomic mass is 9.98. The van der Waals surface area contributed by atoms with E-state index in [0.717, 1.165) is 24.0 Å². The normalized spacial score (nSPS) is 15.2. The highest BCUT2D eigenvalue weighted by atomic mass is 35.5. The van der Waals surface area contributed by atoms with Crippen LogP contribution in [0.5, 0.6) is 0 Å². The Morgan fingerprint density at radius 3 is 2.60 bits per heavy atom. The smallest absolute Gasteiger partial charge is 0.0831 e. The first-order chi connectivity index (χ1) is 9.63. The van der Waals surface area contributed by atoms with Crippen molar-refractivity contribution in [3.8, 4) is 0 Å². The molecular formula is C17H16Cl2O. The fourth-order valence-corrected chi connectivity index (χ4v) is 3.30. The number of rotatable bonds is 3. The molecule has 2 aromatic rings. The van der Waals surface area contributed by atoms with Gasteiger partial charge in [0.05, 0.1) is 6.10 Å². The molecule has 0 amide bonds. The van der Waals surface area contributed by atoms with Crippen LogP contribution in [0.4, 0.5) is 0 Å². The predicted molar refractivity (Wildman–Crippen MR) is 83.6 cm³/mol. The van der Waals surface area contributed by atoms with Crippen LogP contribution in [0.25, 0.3) is 0 Å². The third kappa shape index (κ3) is 2.85. The Bertz CT molecular complexity index is 637. The van der Waals surface area contributed by atoms with Gasteiger partial charge in [0.15, 0.2) is 0 Å². The molecule has 0 spiro atoms. The number of aryl methyl sites for hydroxylation is 2. The number of hydrogen-bond acceptors (Lipinski definition) is 1. The van der Waals surface area contributed by atoms with Crippen LogP contribution in [0.1, 0.15) is 34.8 Å². The SMILES string of the molecule is OC(Cc1ccc(Cl)cc1Cl)c1ccc2c(c1)CCC2. The zero-order valence-corrected chi connectivity index (χ0v) is 12.6. The minimum Gasteiger partial charge on any atom is -0.388 e. The van der Waals surface area contributed by atoms with Crippen LogP contribution < -0.4 is 0 Å². The van der Waals surface area contributed by atoms with Gasteiger partial charge in [-0.05, 0) is 53.6 Å². The molecule has 1 aliphatic carbocycles. The monoisotopic (exact) mass is 306 g/mol. The first-order valence-corrected chi connectivity index (χ1v) is 7.63. The fraction of sp³-hybridized carbons (Fsp3) is 0.294. The van der Waals surface area contributed by atoms with E-state index in [1.165, 1.54) is 17.5 Å². The van der Waals surface area contributed by atoms with E-state index in [9.17, 15) is 5.11 Å². The topological polar surface area (TPSA) is 20.2 Å². The highest BCUT2D eigenvalue weighted by Gasteiger charge is 2.15. The molecule has 1 atom stereocenters. The molecule has 3 heteroatoms. The minimum absolute atomic E-state index is 0.509. The average molecular weight is 307 g/mol. The van der Waals surface area contributed by atoms with E-state index in [1.807, 2.05) is 12.1 Å². The largest absolute Gasteiger partial charge is 0.388 e. The van der Waals surface area contributed by atoms with Crippen molar-refractivity contribution in [1.82, 2.24) is 0 Å². The molecule has 3 rings (SSSR count). The van der Waals surface area contributed by atoms with Gasteiger partial charge in [0.2, 0.25) is 0 Å². The van der Waals surface area contributed by atoms with Crippen LogP contribution in [-0.2, 0) is 19.3 Å². The van der Waals surface area contributed by atoms with E-state index in [2.05, 4.69) is 12.1 Å². The second-order valence-corrected chi connectivity index (χ2v) is 6.18. The Balaban J connectivity index is 1.80. The van der Waals surface area contributed by atoms with Gasteiger partial charge in [-0.25, -0.2) is 0 Å². The van der Waals surface area contributed by atoms with Crippen LogP contribution in [0.3, 0.4) is 0 Å². The second-order valence-electron chi connectivity index (χ2n) is 5.34. The molecular weight excluding hydrogens is 291 g/mol. The summed E-state index contributed by atoms with van der Waals surface area (Å²) in [5, 5.41) is 11.6. The number of aliphatic hydroxyl groups is 1. The maximum atomic E-state index is 10.4. The summed E-state index contributed by atoms with van der Waals surface area (Å²) >= 11 is 12.0. The Kier molecular flexibility index (Phi) is 4.02. The Morgan fingerprint density at radius 2 is 1.80 bits per heavy atom. The highest BCUT2D eigenvalue weighted by Crippen LogP contribution is 2.29. The number of aliphatic hydroxyl groups excluding tert-OH is 1. The molecule has 0 heterocycles. The zero-order chi connectivity index (χ0) is 14.1. The minimum atomic E-state index is -0.528. The van der Waals surface area contributed by atoms with Gasteiger partial charge in [-0.15, -0.1) is 0 Å². The lowest BCUT2D eigenvalue weighted by Gasteiger charge is -2.14. The average Bonchev–Trinajstić information content (AvgIpc) is 2.89. The van der Waals surface area contributed by atoms with Crippen LogP contribution in [0, 0.1) is 0 Å². The number of hydrogen-bond donors (Lipinski definition) is 1. The number of fused-ring (bicyclic) bond motifs is 1. The van der Waals surface area contributed by atoms with Crippen molar-refractivity contribution in [2.75, 3.05) is 0 Å². The molecule has 0 bridgehead atoms. The first-order valence-electron chi connectivity index (χ1n) is 6.87. The van der Waals surface area contributed by atoms with Gasteiger partial charge < -0.3 is 5.11 Å². The lowest BCUT2D eigenvalue weighted by molar-refractivity contribution is 0.178. The summed E-state index contributed by atoms with van der Waals surface area (Å²) in [5.74, 6) is 0. The molecule has 2 aromatic carbocycles. The quantitative estimate of drug-likeness (QED) is 0.867. The van der Waals surface area contributed by atoms with E-state index < -0.39 is 6.10 Å². The summed E-state index contributed by atoms with van der Waals surface area (Å²) < 4.78 is 0. The molecule has 1 unspecified atom stereocenters. The maximum absolute atomic E-state index is 10.4. The van der Waals surface area contributed by atoms with Crippen molar-refractivity contribution in [3.63, 3.8) is 0 Å². The van der Waals surface area contributed by atoms with Gasteiger partial charge in [-0.3, -0.25) is 0 Å². The van der Waals surface area contributed by atoms with Crippen molar-refractivity contribution >= 4 is 23.2 Å².